The van der Waals surface area contributed by atoms with Crippen LogP contribution in [0.15, 0.2) is 65.5 Å². The number of aryl methyl sites for hydroxylation is 1. The number of halogens is 1. The van der Waals surface area contributed by atoms with E-state index >= 15 is 0 Å². The molecule has 20 heteroatoms. The van der Waals surface area contributed by atoms with Crippen molar-refractivity contribution in [3.05, 3.63) is 82.2 Å². The van der Waals surface area contributed by atoms with Crippen molar-refractivity contribution >= 4 is 97.6 Å². The zero-order chi connectivity index (χ0) is 47.0. The van der Waals surface area contributed by atoms with E-state index in [-0.39, 0.29) is 30.1 Å². The molecule has 3 saturated heterocycles. The SMILES string of the molecule is CCc1cc(Nc2ncc(Br)c(Nc3ccc4nccnc4c3P(C)(C)=O)n2)c(OC)cc1N1CCC(NCCNC(=O)C2CN(c3ccc4c(c3)CN(C3CCC(=O)NC3=O)C4=O)C2)CC1. The lowest BCUT2D eigenvalue weighted by Crippen LogP contribution is -2.54. The Hall–Kier alpha value is -6.17. The number of ether oxygens (including phenoxy) is 1. The number of aromatic nitrogens is 4. The maximum atomic E-state index is 13.5. The Bertz CT molecular complexity index is 2810. The van der Waals surface area contributed by atoms with Crippen LogP contribution >= 0.6 is 23.1 Å². The van der Waals surface area contributed by atoms with E-state index in [1.807, 2.05) is 24.3 Å². The number of imide groups is 1. The zero-order valence-corrected chi connectivity index (χ0v) is 40.4. The van der Waals surface area contributed by atoms with Gasteiger partial charge in [-0.2, -0.15) is 4.98 Å². The quantitative estimate of drug-likeness (QED) is 0.0527. The lowest BCUT2D eigenvalue weighted by molar-refractivity contribution is -0.137. The van der Waals surface area contributed by atoms with Gasteiger partial charge in [0.25, 0.3) is 5.91 Å². The number of anilines is 6. The van der Waals surface area contributed by atoms with Gasteiger partial charge < -0.3 is 45.3 Å². The second-order valence-corrected chi connectivity index (χ2v) is 21.8. The number of hydrogen-bond donors (Lipinski definition) is 5. The third-order valence-corrected chi connectivity index (χ3v) is 15.1. The Labute approximate surface area is 396 Å². The summed E-state index contributed by atoms with van der Waals surface area (Å²) in [6.45, 7) is 10.0. The summed E-state index contributed by atoms with van der Waals surface area (Å²) in [6.07, 6.45) is 8.13. The Morgan fingerprint density at radius 1 is 0.940 bits per heavy atom. The largest absolute Gasteiger partial charge is 0.494 e. The molecule has 5 N–H and O–H groups in total. The molecule has 18 nitrogen and oxygen atoms in total. The van der Waals surface area contributed by atoms with Gasteiger partial charge in [0.05, 0.1) is 39.7 Å². The van der Waals surface area contributed by atoms with Gasteiger partial charge in [0.1, 0.15) is 30.3 Å². The van der Waals surface area contributed by atoms with Gasteiger partial charge >= 0.3 is 0 Å². The second-order valence-electron chi connectivity index (χ2n) is 17.8. The standard InChI is InChI=1S/C47H54BrN12O6P/c1-5-27-21-36(55-47-53-23-33(48)43(57-47)54-35-9-8-34-41(51-16-15-50-34)42(35)67(3,4)65)39(66-2)22-38(27)58-18-12-30(13-19-58)49-14-17-52-44(62)29-24-59(25-29)31-6-7-32-28(20-31)26-60(46(32)64)37-10-11-40(61)56-45(37)63/h6-9,15-16,20-23,29-30,37,49H,5,10-14,17-19,24-26H2,1-4H3,(H,52,62)(H,56,61,63)(H2,53,54,55,57). The Morgan fingerprint density at radius 3 is 2.48 bits per heavy atom. The Morgan fingerprint density at radius 2 is 1.73 bits per heavy atom. The first kappa shape index (κ1) is 46.0. The number of nitrogens with one attached hydrogen (secondary N) is 5. The van der Waals surface area contributed by atoms with E-state index in [0.717, 1.165) is 60.5 Å². The number of carbonyl (C=O) groups excluding carboxylic acids is 4. The van der Waals surface area contributed by atoms with Crippen molar-refractivity contribution in [2.45, 2.75) is 57.7 Å². The summed E-state index contributed by atoms with van der Waals surface area (Å²) in [5, 5.41) is 16.4. The lowest BCUT2D eigenvalue weighted by Gasteiger charge is -2.40. The van der Waals surface area contributed by atoms with Crippen molar-refractivity contribution in [1.82, 2.24) is 40.8 Å². The fraction of sp³-hybridized carbons (Fsp3) is 0.404. The fourth-order valence-corrected chi connectivity index (χ4v) is 11.1. The number of methoxy groups -OCH3 is 1. The molecule has 0 bridgehead atoms. The molecule has 0 saturated carbocycles. The third-order valence-electron chi connectivity index (χ3n) is 13.0. The first-order valence-corrected chi connectivity index (χ1v) is 26.0. The van der Waals surface area contributed by atoms with Crippen LogP contribution in [0.3, 0.4) is 0 Å². The van der Waals surface area contributed by atoms with Crippen LogP contribution in [-0.2, 0) is 31.9 Å². The van der Waals surface area contributed by atoms with Gasteiger partial charge in [0, 0.05) is 99.9 Å². The lowest BCUT2D eigenvalue weighted by atomic mass is 9.97. The van der Waals surface area contributed by atoms with E-state index in [1.54, 1.807) is 50.0 Å². The highest BCUT2D eigenvalue weighted by Gasteiger charge is 2.40. The number of piperidine rings is 2. The van der Waals surface area contributed by atoms with Crippen LogP contribution in [0.2, 0.25) is 0 Å². The molecule has 4 amide bonds. The van der Waals surface area contributed by atoms with Crippen molar-refractivity contribution in [2.24, 2.45) is 5.92 Å². The number of amides is 4. The topological polar surface area (TPSA) is 216 Å². The first-order chi connectivity index (χ1) is 32.3. The highest BCUT2D eigenvalue weighted by atomic mass is 79.9. The number of hydrogen-bond acceptors (Lipinski definition) is 15. The minimum Gasteiger partial charge on any atom is -0.494 e. The first-order valence-electron chi connectivity index (χ1n) is 22.6. The number of carbonyl (C=O) groups is 4. The number of nitrogens with zero attached hydrogens (tertiary/aromatic N) is 7. The second kappa shape index (κ2) is 19.2. The molecule has 67 heavy (non-hydrogen) atoms. The van der Waals surface area contributed by atoms with Crippen molar-refractivity contribution in [3.63, 3.8) is 0 Å². The van der Waals surface area contributed by atoms with Gasteiger partial charge in [-0.1, -0.05) is 6.92 Å². The molecule has 1 unspecified atom stereocenters. The third kappa shape index (κ3) is 9.67. The van der Waals surface area contributed by atoms with Gasteiger partial charge in [-0.15, -0.1) is 0 Å². The van der Waals surface area contributed by atoms with E-state index in [0.29, 0.717) is 94.8 Å². The molecule has 1 atom stereocenters. The summed E-state index contributed by atoms with van der Waals surface area (Å²) < 4.78 is 20.1. The van der Waals surface area contributed by atoms with Crippen LogP contribution in [0.4, 0.5) is 34.5 Å². The summed E-state index contributed by atoms with van der Waals surface area (Å²) >= 11 is 3.58. The van der Waals surface area contributed by atoms with Crippen LogP contribution in [0.5, 0.6) is 5.75 Å². The van der Waals surface area contributed by atoms with Crippen molar-refractivity contribution in [2.75, 3.05) is 80.1 Å². The average molecular weight is 994 g/mol. The fourth-order valence-electron chi connectivity index (χ4n) is 9.43. The summed E-state index contributed by atoms with van der Waals surface area (Å²) in [5.41, 5.74) is 7.27. The molecule has 3 fully saturated rings. The molecule has 2 aromatic heterocycles. The maximum absolute atomic E-state index is 13.5. The molecule has 4 aliphatic rings. The Balaban J connectivity index is 0.744. The van der Waals surface area contributed by atoms with Gasteiger partial charge in [-0.05, 0) is 102 Å². The van der Waals surface area contributed by atoms with Gasteiger partial charge in [0.15, 0.2) is 0 Å². The summed E-state index contributed by atoms with van der Waals surface area (Å²) in [5.74, 6) is 0.491. The summed E-state index contributed by atoms with van der Waals surface area (Å²) in [4.78, 5) is 74.5. The smallest absolute Gasteiger partial charge is 0.255 e. The van der Waals surface area contributed by atoms with E-state index in [1.165, 1.54) is 0 Å². The van der Waals surface area contributed by atoms with Crippen LogP contribution in [0.25, 0.3) is 11.0 Å². The summed E-state index contributed by atoms with van der Waals surface area (Å²) in [7, 11) is -1.13. The van der Waals surface area contributed by atoms with Crippen LogP contribution in [-0.4, -0.2) is 120 Å². The van der Waals surface area contributed by atoms with Crippen LogP contribution < -0.4 is 46.4 Å². The number of benzene rings is 3. The molecule has 9 rings (SSSR count). The molecular weight excluding hydrogens is 939 g/mol. The van der Waals surface area contributed by atoms with Gasteiger partial charge in [-0.25, -0.2) is 4.98 Å². The van der Waals surface area contributed by atoms with Crippen molar-refractivity contribution in [3.8, 4) is 5.75 Å². The van der Waals surface area contributed by atoms with Crippen LogP contribution in [0, 0.1) is 5.92 Å². The van der Waals surface area contributed by atoms with E-state index in [4.69, 9.17) is 9.72 Å². The van der Waals surface area contributed by atoms with Gasteiger partial charge in [0.2, 0.25) is 23.7 Å². The predicted octanol–water partition coefficient (Wildman–Crippen LogP) is 5.06. The highest BCUT2D eigenvalue weighted by Crippen LogP contribution is 2.42. The minimum atomic E-state index is -2.79. The highest BCUT2D eigenvalue weighted by molar-refractivity contribution is 9.10. The number of fused-ring (bicyclic) bond motifs is 2. The van der Waals surface area contributed by atoms with Crippen molar-refractivity contribution in [1.29, 1.82) is 0 Å². The molecule has 0 spiro atoms. The van der Waals surface area contributed by atoms with Crippen molar-refractivity contribution < 1.29 is 28.5 Å². The van der Waals surface area contributed by atoms with Crippen LogP contribution in [0.1, 0.15) is 54.1 Å². The minimum absolute atomic E-state index is 0.0346. The normalized spacial score (nSPS) is 17.9. The molecule has 3 aromatic carbocycles. The molecule has 0 aliphatic carbocycles. The van der Waals surface area contributed by atoms with Gasteiger partial charge in [-0.3, -0.25) is 34.5 Å². The molecule has 4 aliphatic heterocycles. The van der Waals surface area contributed by atoms with E-state index in [9.17, 15) is 23.7 Å². The average Bonchev–Trinajstić information content (AvgIpc) is 3.62. The predicted molar refractivity (Wildman–Crippen MR) is 262 cm³/mol. The Kier molecular flexibility index (Phi) is 13.2. The molecule has 350 valence electrons. The van der Waals surface area contributed by atoms with E-state index < -0.39 is 19.1 Å². The molecular formula is C47H54BrN12O6P. The van der Waals surface area contributed by atoms with E-state index in [2.05, 4.69) is 86.3 Å². The molecule has 6 heterocycles. The summed E-state index contributed by atoms with van der Waals surface area (Å²) in [6, 6.07) is 13.2. The monoisotopic (exact) mass is 992 g/mol. The molecule has 0 radical (unpaired) electrons. The zero-order valence-electron chi connectivity index (χ0n) is 37.9. The maximum Gasteiger partial charge on any atom is 0.255 e. The number of rotatable bonds is 15. The molecule has 5 aromatic rings.